The van der Waals surface area contributed by atoms with Crippen LogP contribution in [0.25, 0.3) is 5.69 Å². The Labute approximate surface area is 178 Å². The fraction of sp³-hybridized carbons (Fsp3) is 0.158. The number of aromatic nitrogens is 3. The van der Waals surface area contributed by atoms with Crippen LogP contribution in [-0.2, 0) is 6.42 Å². The SMILES string of the molecule is COc1ccc(Br)cc1CCNC(=O)c1cc(-n2ncc(=O)[nH]c2=O)ccc1Cl. The summed E-state index contributed by atoms with van der Waals surface area (Å²) in [6.07, 6.45) is 1.52. The molecular weight excluding hydrogens is 464 g/mol. The topological polar surface area (TPSA) is 106 Å². The minimum atomic E-state index is -0.715. The smallest absolute Gasteiger partial charge is 0.349 e. The van der Waals surface area contributed by atoms with Crippen LogP contribution in [0.4, 0.5) is 0 Å². The number of carbonyl (C=O) groups is 1. The van der Waals surface area contributed by atoms with Gasteiger partial charge in [0.05, 0.1) is 23.4 Å². The first-order valence-corrected chi connectivity index (χ1v) is 9.65. The van der Waals surface area contributed by atoms with Crippen molar-refractivity contribution in [2.75, 3.05) is 13.7 Å². The normalized spacial score (nSPS) is 10.6. The van der Waals surface area contributed by atoms with Crippen molar-refractivity contribution in [3.8, 4) is 11.4 Å². The predicted octanol–water partition coefficient (Wildman–Crippen LogP) is 2.32. The number of benzene rings is 2. The Morgan fingerprint density at radius 1 is 1.28 bits per heavy atom. The van der Waals surface area contributed by atoms with Crippen molar-refractivity contribution in [1.82, 2.24) is 20.1 Å². The second kappa shape index (κ2) is 9.06. The molecule has 0 atom stereocenters. The third-order valence-electron chi connectivity index (χ3n) is 4.07. The molecule has 0 saturated heterocycles. The number of nitrogens with zero attached hydrogens (tertiary/aromatic N) is 2. The Morgan fingerprint density at radius 3 is 2.79 bits per heavy atom. The largest absolute Gasteiger partial charge is 0.496 e. The molecule has 0 aliphatic carbocycles. The molecule has 0 radical (unpaired) electrons. The first-order chi connectivity index (χ1) is 13.9. The van der Waals surface area contributed by atoms with Crippen molar-refractivity contribution in [1.29, 1.82) is 0 Å². The maximum absolute atomic E-state index is 12.6. The van der Waals surface area contributed by atoms with Crippen LogP contribution in [0.1, 0.15) is 15.9 Å². The van der Waals surface area contributed by atoms with E-state index in [9.17, 15) is 14.4 Å². The maximum Gasteiger partial charge on any atom is 0.349 e. The minimum Gasteiger partial charge on any atom is -0.496 e. The van der Waals surface area contributed by atoms with E-state index >= 15 is 0 Å². The number of halogens is 2. The van der Waals surface area contributed by atoms with Crippen LogP contribution in [0, 0.1) is 0 Å². The summed E-state index contributed by atoms with van der Waals surface area (Å²) in [5.74, 6) is 0.328. The van der Waals surface area contributed by atoms with E-state index in [-0.39, 0.29) is 10.6 Å². The molecule has 0 saturated carbocycles. The van der Waals surface area contributed by atoms with Gasteiger partial charge >= 0.3 is 5.69 Å². The average molecular weight is 480 g/mol. The van der Waals surface area contributed by atoms with Gasteiger partial charge in [-0.1, -0.05) is 27.5 Å². The molecule has 3 rings (SSSR count). The second-order valence-corrected chi connectivity index (χ2v) is 7.30. The molecule has 3 aromatic rings. The van der Waals surface area contributed by atoms with E-state index in [1.54, 1.807) is 7.11 Å². The van der Waals surface area contributed by atoms with Gasteiger partial charge in [-0.3, -0.25) is 14.6 Å². The summed E-state index contributed by atoms with van der Waals surface area (Å²) in [6.45, 7) is 0.350. The molecule has 1 heterocycles. The summed E-state index contributed by atoms with van der Waals surface area (Å²) in [5.41, 5.74) is 0.0971. The monoisotopic (exact) mass is 478 g/mol. The van der Waals surface area contributed by atoms with Crippen molar-refractivity contribution >= 4 is 33.4 Å². The second-order valence-electron chi connectivity index (χ2n) is 5.98. The van der Waals surface area contributed by atoms with Crippen LogP contribution >= 0.6 is 27.5 Å². The highest BCUT2D eigenvalue weighted by Crippen LogP contribution is 2.23. The minimum absolute atomic E-state index is 0.185. The van der Waals surface area contributed by atoms with E-state index < -0.39 is 17.2 Å². The molecule has 0 aliphatic rings. The van der Waals surface area contributed by atoms with Gasteiger partial charge in [-0.2, -0.15) is 9.78 Å². The predicted molar refractivity (Wildman–Crippen MR) is 112 cm³/mol. The molecule has 0 bridgehead atoms. The molecule has 0 unspecified atom stereocenters. The zero-order valence-corrected chi connectivity index (χ0v) is 17.6. The van der Waals surface area contributed by atoms with Crippen LogP contribution in [0.5, 0.6) is 5.75 Å². The lowest BCUT2D eigenvalue weighted by Gasteiger charge is -2.11. The van der Waals surface area contributed by atoms with Crippen LogP contribution in [-0.4, -0.2) is 34.3 Å². The Morgan fingerprint density at radius 2 is 2.07 bits per heavy atom. The summed E-state index contributed by atoms with van der Waals surface area (Å²) in [5, 5.41) is 6.80. The first kappa shape index (κ1) is 20.8. The average Bonchev–Trinajstić information content (AvgIpc) is 2.69. The lowest BCUT2D eigenvalue weighted by atomic mass is 10.1. The number of rotatable bonds is 6. The third kappa shape index (κ3) is 4.93. The van der Waals surface area contributed by atoms with Gasteiger partial charge in [0.25, 0.3) is 11.5 Å². The molecule has 2 N–H and O–H groups in total. The summed E-state index contributed by atoms with van der Waals surface area (Å²) in [6, 6.07) is 10.1. The molecule has 8 nitrogen and oxygen atoms in total. The molecule has 0 aliphatic heterocycles. The Balaban J connectivity index is 1.77. The number of ether oxygens (including phenoxy) is 1. The van der Waals surface area contributed by atoms with Gasteiger partial charge in [0.2, 0.25) is 0 Å². The number of hydrogen-bond donors (Lipinski definition) is 2. The van der Waals surface area contributed by atoms with E-state index in [2.05, 4.69) is 31.3 Å². The standard InChI is InChI=1S/C19H16BrClN4O4/c1-29-16-5-2-12(20)8-11(16)6-7-22-18(27)14-9-13(3-4-15(14)21)25-19(28)24-17(26)10-23-25/h2-5,8-10H,6-7H2,1H3,(H,22,27)(H,24,26,28). The van der Waals surface area contributed by atoms with Gasteiger partial charge in [-0.15, -0.1) is 0 Å². The Bertz CT molecular complexity index is 1180. The molecule has 0 spiro atoms. The Kier molecular flexibility index (Phi) is 6.50. The number of methoxy groups -OCH3 is 1. The molecule has 2 aromatic carbocycles. The zero-order valence-electron chi connectivity index (χ0n) is 15.2. The number of hydrogen-bond acceptors (Lipinski definition) is 5. The highest BCUT2D eigenvalue weighted by molar-refractivity contribution is 9.10. The fourth-order valence-electron chi connectivity index (χ4n) is 2.70. The maximum atomic E-state index is 12.6. The van der Waals surface area contributed by atoms with Crippen LogP contribution < -0.4 is 21.3 Å². The molecule has 0 fully saturated rings. The van der Waals surface area contributed by atoms with E-state index in [0.29, 0.717) is 18.7 Å². The van der Waals surface area contributed by atoms with Gasteiger partial charge in [-0.25, -0.2) is 4.79 Å². The van der Waals surface area contributed by atoms with Crippen molar-refractivity contribution in [3.05, 3.63) is 84.1 Å². The van der Waals surface area contributed by atoms with Crippen LogP contribution in [0.15, 0.2) is 56.7 Å². The summed E-state index contributed by atoms with van der Waals surface area (Å²) >= 11 is 9.57. The fourth-order valence-corrected chi connectivity index (χ4v) is 3.32. The molecule has 1 amide bonds. The van der Waals surface area contributed by atoms with Gasteiger partial charge in [-0.05, 0) is 48.4 Å². The molecule has 1 aromatic heterocycles. The number of carbonyl (C=O) groups excluding carboxylic acids is 1. The van der Waals surface area contributed by atoms with E-state index in [4.69, 9.17) is 16.3 Å². The van der Waals surface area contributed by atoms with Gasteiger partial charge in [0.1, 0.15) is 11.9 Å². The first-order valence-electron chi connectivity index (χ1n) is 8.48. The van der Waals surface area contributed by atoms with Gasteiger partial charge < -0.3 is 10.1 Å². The lowest BCUT2D eigenvalue weighted by molar-refractivity contribution is 0.0954. The number of H-pyrrole nitrogens is 1. The van der Waals surface area contributed by atoms with Crippen molar-refractivity contribution in [2.24, 2.45) is 0 Å². The van der Waals surface area contributed by atoms with Crippen LogP contribution in [0.3, 0.4) is 0 Å². The number of aromatic amines is 1. The molecule has 10 heteroatoms. The van der Waals surface area contributed by atoms with Crippen molar-refractivity contribution in [3.63, 3.8) is 0 Å². The van der Waals surface area contributed by atoms with E-state index in [0.717, 1.165) is 26.7 Å². The van der Waals surface area contributed by atoms with E-state index in [1.165, 1.54) is 18.2 Å². The quantitative estimate of drug-likeness (QED) is 0.564. The number of nitrogens with one attached hydrogen (secondary N) is 2. The molecule has 29 heavy (non-hydrogen) atoms. The summed E-state index contributed by atoms with van der Waals surface area (Å²) in [7, 11) is 1.59. The molecular formula is C19H16BrClN4O4. The van der Waals surface area contributed by atoms with Gasteiger partial charge in [0, 0.05) is 11.0 Å². The Hall–Kier alpha value is -2.91. The molecule has 150 valence electrons. The zero-order chi connectivity index (χ0) is 21.0. The van der Waals surface area contributed by atoms with Crippen molar-refractivity contribution < 1.29 is 9.53 Å². The lowest BCUT2D eigenvalue weighted by Crippen LogP contribution is -2.31. The van der Waals surface area contributed by atoms with Gasteiger partial charge in [0.15, 0.2) is 0 Å². The highest BCUT2D eigenvalue weighted by Gasteiger charge is 2.13. The highest BCUT2D eigenvalue weighted by atomic mass is 79.9. The number of amides is 1. The summed E-state index contributed by atoms with van der Waals surface area (Å²) < 4.78 is 7.21. The summed E-state index contributed by atoms with van der Waals surface area (Å²) in [4.78, 5) is 37.8. The third-order valence-corrected chi connectivity index (χ3v) is 4.90. The van der Waals surface area contributed by atoms with Crippen molar-refractivity contribution in [2.45, 2.75) is 6.42 Å². The van der Waals surface area contributed by atoms with Crippen LogP contribution in [0.2, 0.25) is 5.02 Å². The van der Waals surface area contributed by atoms with E-state index in [1.807, 2.05) is 18.2 Å².